The summed E-state index contributed by atoms with van der Waals surface area (Å²) in [5.74, 6) is -1.37. The minimum Gasteiger partial charge on any atom is -0.463 e. The molecular formula is C44H68O12. The van der Waals surface area contributed by atoms with Crippen LogP contribution in [0.4, 0.5) is 0 Å². The maximum Gasteiger partial charge on any atom is 0.303 e. The van der Waals surface area contributed by atoms with Crippen molar-refractivity contribution < 1.29 is 57.4 Å². The molecule has 1 N–H and O–H groups in total. The van der Waals surface area contributed by atoms with Crippen molar-refractivity contribution in [3.8, 4) is 0 Å². The first-order valence-electron chi connectivity index (χ1n) is 20.9. The van der Waals surface area contributed by atoms with E-state index in [0.717, 1.165) is 51.4 Å². The van der Waals surface area contributed by atoms with Crippen LogP contribution in [0.25, 0.3) is 0 Å². The summed E-state index contributed by atoms with van der Waals surface area (Å²) in [5, 5.41) is 11.1. The molecule has 2 aliphatic heterocycles. The van der Waals surface area contributed by atoms with Gasteiger partial charge in [0.1, 0.15) is 12.7 Å². The summed E-state index contributed by atoms with van der Waals surface area (Å²) >= 11 is 0. The predicted molar refractivity (Wildman–Crippen MR) is 205 cm³/mol. The number of carbonyl (C=O) groups is 4. The van der Waals surface area contributed by atoms with Gasteiger partial charge in [-0.3, -0.25) is 19.2 Å². The van der Waals surface area contributed by atoms with Gasteiger partial charge in [-0.15, -0.1) is 0 Å². The molecule has 12 heteroatoms. The topological polar surface area (TPSA) is 153 Å². The molecule has 2 saturated heterocycles. The predicted octanol–water partition coefficient (Wildman–Crippen LogP) is 6.77. The number of ether oxygens (including phenoxy) is 7. The van der Waals surface area contributed by atoms with Gasteiger partial charge in [-0.05, 0) is 112 Å². The maximum atomic E-state index is 12.5. The van der Waals surface area contributed by atoms with Crippen molar-refractivity contribution in [2.24, 2.45) is 39.4 Å². The number of aliphatic hydroxyl groups is 1. The Kier molecular flexibility index (Phi) is 11.5. The van der Waals surface area contributed by atoms with Crippen molar-refractivity contribution in [3.63, 3.8) is 0 Å². The molecule has 316 valence electrons. The second-order valence-electron chi connectivity index (χ2n) is 20.0. The number of aliphatic hydroxyl groups excluding tert-OH is 1. The van der Waals surface area contributed by atoms with Crippen molar-refractivity contribution in [1.82, 2.24) is 0 Å². The summed E-state index contributed by atoms with van der Waals surface area (Å²) in [5.41, 5.74) is 0.358. The summed E-state index contributed by atoms with van der Waals surface area (Å²) in [6, 6.07) is 0. The van der Waals surface area contributed by atoms with E-state index in [1.54, 1.807) is 0 Å². The van der Waals surface area contributed by atoms with Crippen molar-refractivity contribution in [2.75, 3.05) is 6.61 Å². The van der Waals surface area contributed by atoms with E-state index in [1.807, 2.05) is 13.8 Å². The second kappa shape index (κ2) is 14.9. The molecule has 56 heavy (non-hydrogen) atoms. The molecule has 0 aromatic carbocycles. The van der Waals surface area contributed by atoms with E-state index in [9.17, 15) is 24.3 Å². The fraction of sp³-hybridized carbons (Fsp3) is 0.864. The van der Waals surface area contributed by atoms with E-state index in [0.29, 0.717) is 18.3 Å². The Bertz CT molecular complexity index is 1590. The van der Waals surface area contributed by atoms with Crippen molar-refractivity contribution in [2.45, 2.75) is 195 Å². The Morgan fingerprint density at radius 3 is 2.02 bits per heavy atom. The number of carbonyl (C=O) groups excluding carboxylic acids is 4. The molecule has 5 fully saturated rings. The SMILES string of the molecule is CC(=O)OC[C@H]1O[C@@H](OC(C)(C)[C@H]2CC[C@@](C)([C@H]3CC[C@]4(C)C3=CC[C@@H]3[C@@]5(C)CC[C@H](O)C(C)(C)[C@@H]5CC[C@]34C)O2)[C@H](OC(C)=O)[C@@H](OC(C)=O)[C@@H]1OC(C)=O. The highest BCUT2D eigenvalue weighted by Gasteiger charge is 2.68. The zero-order valence-corrected chi connectivity index (χ0v) is 35.9. The Morgan fingerprint density at radius 2 is 1.39 bits per heavy atom. The average molecular weight is 789 g/mol. The van der Waals surface area contributed by atoms with Crippen LogP contribution in [0.15, 0.2) is 11.6 Å². The summed E-state index contributed by atoms with van der Waals surface area (Å²) in [4.78, 5) is 48.9. The first-order chi connectivity index (χ1) is 25.9. The molecule has 0 spiro atoms. The lowest BCUT2D eigenvalue weighted by atomic mass is 9.37. The van der Waals surface area contributed by atoms with E-state index < -0.39 is 65.8 Å². The molecule has 6 aliphatic rings. The average Bonchev–Trinajstić information content (AvgIpc) is 3.66. The second-order valence-corrected chi connectivity index (χ2v) is 20.0. The Labute approximate surface area is 333 Å². The lowest BCUT2D eigenvalue weighted by molar-refractivity contribution is -0.336. The number of hydrogen-bond acceptors (Lipinski definition) is 12. The van der Waals surface area contributed by atoms with Gasteiger partial charge < -0.3 is 38.3 Å². The van der Waals surface area contributed by atoms with Crippen LogP contribution in [0.2, 0.25) is 0 Å². The zero-order chi connectivity index (χ0) is 41.4. The van der Waals surface area contributed by atoms with Crippen LogP contribution in [0.5, 0.6) is 0 Å². The van der Waals surface area contributed by atoms with Gasteiger partial charge in [0.15, 0.2) is 24.6 Å². The number of allylic oxidation sites excluding steroid dienone is 1. The van der Waals surface area contributed by atoms with E-state index >= 15 is 0 Å². The van der Waals surface area contributed by atoms with Crippen molar-refractivity contribution in [1.29, 1.82) is 0 Å². The van der Waals surface area contributed by atoms with Gasteiger partial charge >= 0.3 is 23.9 Å². The first kappa shape index (κ1) is 43.0. The van der Waals surface area contributed by atoms with Crippen LogP contribution in [0.1, 0.15) is 141 Å². The third kappa shape index (κ3) is 7.25. The molecule has 0 amide bonds. The lowest BCUT2D eigenvalue weighted by Crippen LogP contribution is -2.64. The molecule has 0 aromatic heterocycles. The summed E-state index contributed by atoms with van der Waals surface area (Å²) < 4.78 is 42.3. The van der Waals surface area contributed by atoms with E-state index in [2.05, 4.69) is 47.6 Å². The monoisotopic (exact) mass is 788 g/mol. The highest BCUT2D eigenvalue weighted by atomic mass is 16.7. The quantitative estimate of drug-likeness (QED) is 0.149. The van der Waals surface area contributed by atoms with E-state index in [1.165, 1.54) is 33.3 Å². The fourth-order valence-corrected chi connectivity index (χ4v) is 13.0. The lowest BCUT2D eigenvalue weighted by Gasteiger charge is -2.68. The van der Waals surface area contributed by atoms with Crippen LogP contribution in [0.3, 0.4) is 0 Å². The Hall–Kier alpha value is -2.54. The third-order valence-electron chi connectivity index (χ3n) is 16.0. The summed E-state index contributed by atoms with van der Waals surface area (Å²) in [6.07, 6.45) is 4.65. The molecule has 6 rings (SSSR count). The van der Waals surface area contributed by atoms with Gasteiger partial charge in [-0.25, -0.2) is 0 Å². The zero-order valence-electron chi connectivity index (χ0n) is 35.9. The Balaban J connectivity index is 1.24. The minimum absolute atomic E-state index is 0.0413. The Morgan fingerprint density at radius 1 is 0.768 bits per heavy atom. The van der Waals surface area contributed by atoms with Crippen LogP contribution in [-0.2, 0) is 52.3 Å². The van der Waals surface area contributed by atoms with Gasteiger partial charge in [0.2, 0.25) is 0 Å². The van der Waals surface area contributed by atoms with E-state index in [4.69, 9.17) is 33.2 Å². The third-order valence-corrected chi connectivity index (χ3v) is 16.0. The fourth-order valence-electron chi connectivity index (χ4n) is 13.0. The largest absolute Gasteiger partial charge is 0.463 e. The van der Waals surface area contributed by atoms with E-state index in [-0.39, 0.29) is 46.4 Å². The molecule has 2 heterocycles. The highest BCUT2D eigenvalue weighted by molar-refractivity contribution is 5.68. The minimum atomic E-state index is -1.31. The van der Waals surface area contributed by atoms with Crippen molar-refractivity contribution >= 4 is 23.9 Å². The van der Waals surface area contributed by atoms with Crippen LogP contribution < -0.4 is 0 Å². The maximum absolute atomic E-state index is 12.5. The van der Waals surface area contributed by atoms with Crippen LogP contribution >= 0.6 is 0 Å². The molecule has 0 bridgehead atoms. The van der Waals surface area contributed by atoms with Gasteiger partial charge in [0, 0.05) is 33.6 Å². The molecule has 3 saturated carbocycles. The molecule has 0 aromatic rings. The number of hydrogen-bond donors (Lipinski definition) is 1. The van der Waals surface area contributed by atoms with Crippen molar-refractivity contribution in [3.05, 3.63) is 11.6 Å². The number of rotatable bonds is 9. The summed E-state index contributed by atoms with van der Waals surface area (Å²) in [6.45, 7) is 22.8. The number of esters is 4. The van der Waals surface area contributed by atoms with Gasteiger partial charge in [0.05, 0.1) is 23.4 Å². The molecule has 0 unspecified atom stereocenters. The number of fused-ring (bicyclic) bond motifs is 5. The van der Waals surface area contributed by atoms with Gasteiger partial charge in [0.25, 0.3) is 0 Å². The standard InChI is InChI=1S/C44H68O12/c1-24(45)50-23-30-35(51-25(2)46)36(52-26(3)47)37(53-27(4)48)38(54-30)56-40(7,8)34-18-22-44(12,55-34)29-15-20-42(10)28(29)13-14-32-41(9)19-17-33(49)39(5,6)31(41)16-21-43(32,42)11/h13,29-38,49H,14-23H2,1-12H3/t29-,30+,31-,32+,33-,34+,35+,36-,37+,38-,41-,42+,43+,44-/m0/s1. The molecule has 0 radical (unpaired) electrons. The summed E-state index contributed by atoms with van der Waals surface area (Å²) in [7, 11) is 0. The molecule has 4 aliphatic carbocycles. The first-order valence-corrected chi connectivity index (χ1v) is 20.9. The van der Waals surface area contributed by atoms with Crippen LogP contribution in [0, 0.1) is 39.4 Å². The normalized spacial score (nSPS) is 44.3. The molecule has 14 atom stereocenters. The van der Waals surface area contributed by atoms with Gasteiger partial charge in [-0.2, -0.15) is 0 Å². The molecular weight excluding hydrogens is 720 g/mol. The van der Waals surface area contributed by atoms with Crippen LogP contribution in [-0.4, -0.2) is 89.7 Å². The van der Waals surface area contributed by atoms with Gasteiger partial charge in [-0.1, -0.05) is 46.3 Å². The molecule has 12 nitrogen and oxygen atoms in total. The highest BCUT2D eigenvalue weighted by Crippen LogP contribution is 2.75. The smallest absolute Gasteiger partial charge is 0.303 e.